The Bertz CT molecular complexity index is 402. The zero-order valence-electron chi connectivity index (χ0n) is 8.32. The van der Waals surface area contributed by atoms with Gasteiger partial charge >= 0.3 is 5.97 Å². The second kappa shape index (κ2) is 5.34. The zero-order valence-corrected chi connectivity index (χ0v) is 8.32. The SMILES string of the molecule is O=C(O)CCC(=O)c1cccc(C(F)F)c1. The predicted octanol–water partition coefficient (Wildman–Crippen LogP) is 2.67. The Labute approximate surface area is 90.7 Å². The summed E-state index contributed by atoms with van der Waals surface area (Å²) in [6.07, 6.45) is -3.10. The summed E-state index contributed by atoms with van der Waals surface area (Å²) in [4.78, 5) is 21.7. The first-order valence-electron chi connectivity index (χ1n) is 4.64. The predicted molar refractivity (Wildman–Crippen MR) is 52.6 cm³/mol. The van der Waals surface area contributed by atoms with Gasteiger partial charge in [0.2, 0.25) is 0 Å². The molecular weight excluding hydrogens is 218 g/mol. The lowest BCUT2D eigenvalue weighted by Gasteiger charge is -2.03. The van der Waals surface area contributed by atoms with Crippen LogP contribution < -0.4 is 0 Å². The van der Waals surface area contributed by atoms with E-state index in [0.717, 1.165) is 6.07 Å². The molecule has 0 aliphatic rings. The molecule has 1 rings (SSSR count). The zero-order chi connectivity index (χ0) is 12.1. The van der Waals surface area contributed by atoms with Crippen LogP contribution in [-0.2, 0) is 4.79 Å². The fraction of sp³-hybridized carbons (Fsp3) is 0.273. The maximum Gasteiger partial charge on any atom is 0.303 e. The number of carbonyl (C=O) groups is 2. The minimum Gasteiger partial charge on any atom is -0.481 e. The fourth-order valence-electron chi connectivity index (χ4n) is 1.21. The molecule has 0 unspecified atom stereocenters. The molecule has 1 N–H and O–H groups in total. The molecule has 0 bridgehead atoms. The number of carboxylic acid groups (broad SMARTS) is 1. The standard InChI is InChI=1S/C11H10F2O3/c12-11(13)8-3-1-2-7(6-8)9(14)4-5-10(15)16/h1-3,6,11H,4-5H2,(H,15,16). The van der Waals surface area contributed by atoms with Crippen molar-refractivity contribution in [2.75, 3.05) is 0 Å². The molecule has 3 nitrogen and oxygen atoms in total. The van der Waals surface area contributed by atoms with Gasteiger partial charge in [-0.15, -0.1) is 0 Å². The fourth-order valence-corrected chi connectivity index (χ4v) is 1.21. The number of ketones is 1. The molecule has 0 radical (unpaired) electrons. The van der Waals surface area contributed by atoms with Gasteiger partial charge in [-0.25, -0.2) is 8.78 Å². The van der Waals surface area contributed by atoms with Crippen molar-refractivity contribution < 1.29 is 23.5 Å². The summed E-state index contributed by atoms with van der Waals surface area (Å²) in [6.45, 7) is 0. The molecule has 0 aliphatic carbocycles. The largest absolute Gasteiger partial charge is 0.481 e. The molecule has 5 heteroatoms. The first-order chi connectivity index (χ1) is 7.50. The molecular formula is C11H10F2O3. The summed E-state index contributed by atoms with van der Waals surface area (Å²) < 4.78 is 24.6. The van der Waals surface area contributed by atoms with E-state index in [4.69, 9.17) is 5.11 Å². The average Bonchev–Trinajstić information content (AvgIpc) is 2.26. The second-order valence-electron chi connectivity index (χ2n) is 3.24. The third-order valence-electron chi connectivity index (χ3n) is 2.03. The van der Waals surface area contributed by atoms with Gasteiger partial charge in [0.1, 0.15) is 0 Å². The number of aliphatic carboxylic acids is 1. The van der Waals surface area contributed by atoms with Gasteiger partial charge in [-0.2, -0.15) is 0 Å². The van der Waals surface area contributed by atoms with Crippen molar-refractivity contribution in [1.82, 2.24) is 0 Å². The van der Waals surface area contributed by atoms with Crippen molar-refractivity contribution in [3.8, 4) is 0 Å². The molecule has 0 heterocycles. The molecule has 0 aliphatic heterocycles. The first-order valence-corrected chi connectivity index (χ1v) is 4.64. The maximum absolute atomic E-state index is 12.3. The van der Waals surface area contributed by atoms with Crippen LogP contribution in [0.1, 0.15) is 35.2 Å². The summed E-state index contributed by atoms with van der Waals surface area (Å²) in [7, 11) is 0. The van der Waals surface area contributed by atoms with Crippen molar-refractivity contribution in [3.05, 3.63) is 35.4 Å². The number of carboxylic acids is 1. The minimum atomic E-state index is -2.63. The smallest absolute Gasteiger partial charge is 0.303 e. The van der Waals surface area contributed by atoms with Crippen LogP contribution in [0, 0.1) is 0 Å². The average molecular weight is 228 g/mol. The van der Waals surface area contributed by atoms with Crippen molar-refractivity contribution in [2.45, 2.75) is 19.3 Å². The van der Waals surface area contributed by atoms with E-state index in [0.29, 0.717) is 0 Å². The summed E-state index contributed by atoms with van der Waals surface area (Å²) in [5, 5.41) is 8.38. The van der Waals surface area contributed by atoms with Gasteiger partial charge in [0.25, 0.3) is 6.43 Å². The van der Waals surface area contributed by atoms with Gasteiger partial charge in [-0.3, -0.25) is 9.59 Å². The number of benzene rings is 1. The molecule has 86 valence electrons. The Morgan fingerprint density at radius 1 is 1.25 bits per heavy atom. The molecule has 16 heavy (non-hydrogen) atoms. The number of hydrogen-bond acceptors (Lipinski definition) is 2. The highest BCUT2D eigenvalue weighted by Crippen LogP contribution is 2.20. The summed E-state index contributed by atoms with van der Waals surface area (Å²) in [6, 6.07) is 5.07. The summed E-state index contributed by atoms with van der Waals surface area (Å²) in [5.41, 5.74) is -0.111. The Morgan fingerprint density at radius 2 is 1.94 bits per heavy atom. The Hall–Kier alpha value is -1.78. The quantitative estimate of drug-likeness (QED) is 0.788. The lowest BCUT2D eigenvalue weighted by atomic mass is 10.0. The molecule has 0 saturated carbocycles. The number of carbonyl (C=O) groups excluding carboxylic acids is 1. The highest BCUT2D eigenvalue weighted by atomic mass is 19.3. The number of hydrogen-bond donors (Lipinski definition) is 1. The van der Waals surface area contributed by atoms with Crippen LogP contribution in [0.15, 0.2) is 24.3 Å². The second-order valence-corrected chi connectivity index (χ2v) is 3.24. The van der Waals surface area contributed by atoms with Gasteiger partial charge in [0, 0.05) is 17.5 Å². The van der Waals surface area contributed by atoms with Gasteiger partial charge in [0.05, 0.1) is 6.42 Å². The van der Waals surface area contributed by atoms with Gasteiger partial charge < -0.3 is 5.11 Å². The van der Waals surface area contributed by atoms with E-state index in [9.17, 15) is 18.4 Å². The normalized spacial score (nSPS) is 10.4. The molecule has 0 saturated heterocycles. The van der Waals surface area contributed by atoms with Crippen LogP contribution in [-0.4, -0.2) is 16.9 Å². The van der Waals surface area contributed by atoms with Gasteiger partial charge in [0.15, 0.2) is 5.78 Å². The number of rotatable bonds is 5. The van der Waals surface area contributed by atoms with Gasteiger partial charge in [-0.1, -0.05) is 18.2 Å². The van der Waals surface area contributed by atoms with E-state index < -0.39 is 18.2 Å². The highest BCUT2D eigenvalue weighted by Gasteiger charge is 2.12. The van der Waals surface area contributed by atoms with E-state index in [2.05, 4.69) is 0 Å². The van der Waals surface area contributed by atoms with Crippen molar-refractivity contribution in [2.24, 2.45) is 0 Å². The molecule has 0 spiro atoms. The van der Waals surface area contributed by atoms with Crippen molar-refractivity contribution in [1.29, 1.82) is 0 Å². The highest BCUT2D eigenvalue weighted by molar-refractivity contribution is 5.97. The molecule has 1 aromatic carbocycles. The monoisotopic (exact) mass is 228 g/mol. The molecule has 0 amide bonds. The van der Waals surface area contributed by atoms with E-state index in [1.165, 1.54) is 18.2 Å². The molecule has 0 fully saturated rings. The lowest BCUT2D eigenvalue weighted by molar-refractivity contribution is -0.136. The Morgan fingerprint density at radius 3 is 2.50 bits per heavy atom. The minimum absolute atomic E-state index is 0.124. The van der Waals surface area contributed by atoms with E-state index in [1.807, 2.05) is 0 Å². The van der Waals surface area contributed by atoms with E-state index in [-0.39, 0.29) is 24.0 Å². The Kier molecular flexibility index (Phi) is 4.10. The number of halogens is 2. The summed E-state index contributed by atoms with van der Waals surface area (Å²) in [5.74, 6) is -1.52. The van der Waals surface area contributed by atoms with Crippen LogP contribution >= 0.6 is 0 Å². The van der Waals surface area contributed by atoms with Crippen LogP contribution in [0.3, 0.4) is 0 Å². The third-order valence-corrected chi connectivity index (χ3v) is 2.03. The number of alkyl halides is 2. The third kappa shape index (κ3) is 3.42. The maximum atomic E-state index is 12.3. The topological polar surface area (TPSA) is 54.4 Å². The lowest BCUT2D eigenvalue weighted by Crippen LogP contribution is -2.04. The molecule has 0 aromatic heterocycles. The van der Waals surface area contributed by atoms with E-state index >= 15 is 0 Å². The number of Topliss-reactive ketones (excluding diaryl/α,β-unsaturated/α-hetero) is 1. The summed E-state index contributed by atoms with van der Waals surface area (Å²) >= 11 is 0. The first kappa shape index (κ1) is 12.3. The van der Waals surface area contributed by atoms with Crippen LogP contribution in [0.4, 0.5) is 8.78 Å². The van der Waals surface area contributed by atoms with Crippen LogP contribution in [0.5, 0.6) is 0 Å². The molecule has 1 aromatic rings. The molecule has 0 atom stereocenters. The van der Waals surface area contributed by atoms with E-state index in [1.54, 1.807) is 0 Å². The van der Waals surface area contributed by atoms with Crippen LogP contribution in [0.2, 0.25) is 0 Å². The Balaban J connectivity index is 2.75. The van der Waals surface area contributed by atoms with Crippen LogP contribution in [0.25, 0.3) is 0 Å². The van der Waals surface area contributed by atoms with Crippen molar-refractivity contribution in [3.63, 3.8) is 0 Å². The van der Waals surface area contributed by atoms with Gasteiger partial charge in [-0.05, 0) is 6.07 Å². The van der Waals surface area contributed by atoms with Crippen molar-refractivity contribution >= 4 is 11.8 Å².